The van der Waals surface area contributed by atoms with E-state index in [0.29, 0.717) is 12.8 Å². The van der Waals surface area contributed by atoms with Crippen molar-refractivity contribution >= 4 is 5.91 Å². The molecule has 3 aliphatic rings. The Bertz CT molecular complexity index is 2360. The third-order valence-electron chi connectivity index (χ3n) is 16.5. The minimum atomic E-state index is -1.99. The molecule has 0 saturated carbocycles. The van der Waals surface area contributed by atoms with Gasteiger partial charge < -0.3 is 89.9 Å². The summed E-state index contributed by atoms with van der Waals surface area (Å²) in [6, 6.07) is -1.02. The minimum absolute atomic E-state index is 0.203. The Kier molecular flexibility index (Phi) is 50.1. The summed E-state index contributed by atoms with van der Waals surface area (Å²) in [5.41, 5.74) is 0. The van der Waals surface area contributed by atoms with Crippen molar-refractivity contribution in [2.24, 2.45) is 0 Å². The number of nitrogens with one attached hydrogen (secondary N) is 1. The maximum absolute atomic E-state index is 13.4. The van der Waals surface area contributed by atoms with E-state index in [2.05, 4.69) is 165 Å². The number of aliphatic hydroxyl groups excluding tert-OH is 11. The number of carbonyl (C=O) groups excluding carboxylic acids is 1. The molecule has 0 aliphatic carbocycles. The zero-order valence-corrected chi connectivity index (χ0v) is 57.5. The maximum Gasteiger partial charge on any atom is 0.220 e. The molecule has 19 nitrogen and oxygen atoms in total. The predicted molar refractivity (Wildman–Crippen MR) is 378 cm³/mol. The zero-order valence-electron chi connectivity index (χ0n) is 57.5. The van der Waals surface area contributed by atoms with Crippen LogP contribution in [0.25, 0.3) is 0 Å². The summed E-state index contributed by atoms with van der Waals surface area (Å²) >= 11 is 0. The summed E-state index contributed by atoms with van der Waals surface area (Å²) in [6.07, 6.45) is 55.1. The van der Waals surface area contributed by atoms with Crippen LogP contribution >= 0.6 is 0 Å². The van der Waals surface area contributed by atoms with Gasteiger partial charge >= 0.3 is 0 Å². The van der Waals surface area contributed by atoms with E-state index in [4.69, 9.17) is 28.4 Å². The molecule has 544 valence electrons. The first-order valence-electron chi connectivity index (χ1n) is 35.7. The standard InChI is InChI=1S/C77H123NO18/c1-3-5-7-9-11-13-15-17-19-20-21-22-23-24-25-26-27-28-29-30-31-32-33-34-35-36-37-38-39-40-41-43-45-47-49-51-53-55-65(83)78-60(61(82)54-52-50-48-46-44-42-18-16-14-12-10-8-6-4-2)59-91-75-71(89)68(86)73(63(57-80)93-75)96-77-72(90)69(87)74(64(58-81)94-77)95-76-70(88)67(85)66(84)62(56-79)92-76/h5,7,11,13-14,16-17,19,21-22,24-25,27-28,30-31,33-34,36-37,39-40,44,46,52,54,60-64,66-77,79-82,84-90H,3-4,6,8-10,12,15,18,20,23,26,29,32,35,38,41-43,45,47-51,53,55-59H2,1-2H3,(H,78,83)/b7-5-,13-11-,16-14+,19-17-,22-21-,25-24-,28-27-,31-30-,34-33-,37-36-,40-39-,46-44+,54-52+. The third kappa shape index (κ3) is 37.0. The van der Waals surface area contributed by atoms with Crippen LogP contribution < -0.4 is 5.32 Å². The normalized spacial score (nSPS) is 28.0. The fourth-order valence-electron chi connectivity index (χ4n) is 10.8. The fraction of sp³-hybridized carbons (Fsp3) is 0.649. The number of allylic oxidation sites excluding steroid dienone is 25. The van der Waals surface area contributed by atoms with Gasteiger partial charge in [0, 0.05) is 6.42 Å². The maximum atomic E-state index is 13.4. The Morgan fingerprint density at radius 3 is 1.17 bits per heavy atom. The number of ether oxygens (including phenoxy) is 6. The molecule has 0 bridgehead atoms. The molecule has 0 aromatic heterocycles. The van der Waals surface area contributed by atoms with Gasteiger partial charge in [0.1, 0.15) is 73.2 Å². The summed E-state index contributed by atoms with van der Waals surface area (Å²) in [5.74, 6) is -0.313. The second kappa shape index (κ2) is 56.2. The van der Waals surface area contributed by atoms with Crippen LogP contribution in [0.2, 0.25) is 0 Å². The number of aliphatic hydroxyl groups is 11. The SMILES string of the molecule is CC/C=C\C/C=C\C/C=C\C/C=C\C/C=C\C/C=C\C/C=C\C/C=C\C/C=C\C/C=C\CCCCCCCCC(=O)NC(COC1OC(CO)C(OC2OC(CO)C(OC3OC(CO)C(O)C(O)C3O)C(O)C2O)C(O)C1O)C(O)/C=C/CC/C=C/CC/C=C/CCCCCC. The molecule has 3 saturated heterocycles. The predicted octanol–water partition coefficient (Wildman–Crippen LogP) is 10.1. The first-order chi connectivity index (χ1) is 46.8. The highest BCUT2D eigenvalue weighted by atomic mass is 16.8. The largest absolute Gasteiger partial charge is 0.394 e. The molecule has 12 N–H and O–H groups in total. The van der Waals surface area contributed by atoms with E-state index in [1.54, 1.807) is 6.08 Å². The Morgan fingerprint density at radius 1 is 0.385 bits per heavy atom. The minimum Gasteiger partial charge on any atom is -0.394 e. The van der Waals surface area contributed by atoms with Crippen LogP contribution in [0.1, 0.15) is 187 Å². The smallest absolute Gasteiger partial charge is 0.220 e. The lowest BCUT2D eigenvalue weighted by Crippen LogP contribution is -2.66. The Morgan fingerprint density at radius 2 is 0.729 bits per heavy atom. The van der Waals surface area contributed by atoms with E-state index >= 15 is 0 Å². The van der Waals surface area contributed by atoms with Crippen LogP contribution in [-0.4, -0.2) is 193 Å². The molecule has 17 atom stereocenters. The van der Waals surface area contributed by atoms with Crippen LogP contribution in [0.15, 0.2) is 158 Å². The summed E-state index contributed by atoms with van der Waals surface area (Å²) in [6.45, 7) is 1.52. The average molecular weight is 1350 g/mol. The highest BCUT2D eigenvalue weighted by molar-refractivity contribution is 5.76. The van der Waals surface area contributed by atoms with Gasteiger partial charge in [-0.25, -0.2) is 0 Å². The van der Waals surface area contributed by atoms with Gasteiger partial charge in [0.05, 0.1) is 38.6 Å². The topological polar surface area (TPSA) is 307 Å². The second-order valence-corrected chi connectivity index (χ2v) is 24.6. The van der Waals surface area contributed by atoms with Crippen LogP contribution in [0.5, 0.6) is 0 Å². The van der Waals surface area contributed by atoms with Crippen molar-refractivity contribution in [2.75, 3.05) is 26.4 Å². The van der Waals surface area contributed by atoms with Crippen LogP contribution in [0.4, 0.5) is 0 Å². The van der Waals surface area contributed by atoms with Gasteiger partial charge in [0.25, 0.3) is 0 Å². The highest BCUT2D eigenvalue weighted by Gasteiger charge is 2.53. The summed E-state index contributed by atoms with van der Waals surface area (Å²) in [7, 11) is 0. The van der Waals surface area contributed by atoms with E-state index in [1.165, 1.54) is 25.7 Å². The van der Waals surface area contributed by atoms with Gasteiger partial charge in [-0.15, -0.1) is 0 Å². The fourth-order valence-corrected chi connectivity index (χ4v) is 10.8. The number of hydrogen-bond donors (Lipinski definition) is 12. The number of carbonyl (C=O) groups is 1. The number of unbranched alkanes of at least 4 members (excludes halogenated alkanes) is 12. The quantitative estimate of drug-likeness (QED) is 0.0199. The molecule has 96 heavy (non-hydrogen) atoms. The summed E-state index contributed by atoms with van der Waals surface area (Å²) in [4.78, 5) is 13.4. The Hall–Kier alpha value is -4.59. The molecular formula is C77H123NO18. The first kappa shape index (κ1) is 85.6. The highest BCUT2D eigenvalue weighted by Crippen LogP contribution is 2.33. The second-order valence-electron chi connectivity index (χ2n) is 24.6. The van der Waals surface area contributed by atoms with Gasteiger partial charge in [-0.1, -0.05) is 217 Å². The van der Waals surface area contributed by atoms with Crippen LogP contribution in [0, 0.1) is 0 Å². The monoisotopic (exact) mass is 1350 g/mol. The van der Waals surface area contributed by atoms with Gasteiger partial charge in [0.2, 0.25) is 5.91 Å². The molecule has 0 spiro atoms. The summed E-state index contributed by atoms with van der Waals surface area (Å²) < 4.78 is 34.3. The zero-order chi connectivity index (χ0) is 69.6. The molecule has 19 heteroatoms. The van der Waals surface area contributed by atoms with Crippen molar-refractivity contribution in [3.05, 3.63) is 158 Å². The molecule has 3 heterocycles. The van der Waals surface area contributed by atoms with E-state index in [9.17, 15) is 61.0 Å². The average Bonchev–Trinajstić information content (AvgIpc) is 0.787. The van der Waals surface area contributed by atoms with Crippen LogP contribution in [0.3, 0.4) is 0 Å². The molecule has 3 fully saturated rings. The number of hydrogen-bond acceptors (Lipinski definition) is 18. The van der Waals surface area contributed by atoms with Gasteiger partial charge in [-0.05, 0) is 122 Å². The molecule has 0 aromatic rings. The number of amides is 1. The van der Waals surface area contributed by atoms with E-state index in [-0.39, 0.29) is 18.9 Å². The molecule has 17 unspecified atom stereocenters. The Balaban J connectivity index is 1.38. The molecule has 0 radical (unpaired) electrons. The molecule has 1 amide bonds. The molecule has 0 aromatic carbocycles. The van der Waals surface area contributed by atoms with Gasteiger partial charge in [-0.2, -0.15) is 0 Å². The lowest BCUT2D eigenvalue weighted by atomic mass is 9.96. The molecular weight excluding hydrogens is 1230 g/mol. The van der Waals surface area contributed by atoms with Crippen LogP contribution in [-0.2, 0) is 33.2 Å². The number of rotatable bonds is 52. The van der Waals surface area contributed by atoms with Crippen molar-refractivity contribution < 1.29 is 89.4 Å². The van der Waals surface area contributed by atoms with E-state index < -0.39 is 124 Å². The van der Waals surface area contributed by atoms with Crippen molar-refractivity contribution in [3.8, 4) is 0 Å². The summed E-state index contributed by atoms with van der Waals surface area (Å²) in [5, 5.41) is 120. The van der Waals surface area contributed by atoms with Crippen molar-refractivity contribution in [1.82, 2.24) is 5.32 Å². The third-order valence-corrected chi connectivity index (χ3v) is 16.5. The van der Waals surface area contributed by atoms with Gasteiger partial charge in [0.15, 0.2) is 18.9 Å². The van der Waals surface area contributed by atoms with Crippen molar-refractivity contribution in [2.45, 2.75) is 291 Å². The van der Waals surface area contributed by atoms with Crippen molar-refractivity contribution in [3.63, 3.8) is 0 Å². The van der Waals surface area contributed by atoms with E-state index in [1.807, 2.05) is 6.08 Å². The molecule has 3 aliphatic heterocycles. The first-order valence-corrected chi connectivity index (χ1v) is 35.7. The molecule has 3 rings (SSSR count). The van der Waals surface area contributed by atoms with Gasteiger partial charge in [-0.3, -0.25) is 4.79 Å². The Labute approximate surface area is 574 Å². The van der Waals surface area contributed by atoms with E-state index in [0.717, 1.165) is 128 Å². The lowest BCUT2D eigenvalue weighted by molar-refractivity contribution is -0.379. The van der Waals surface area contributed by atoms with Crippen molar-refractivity contribution in [1.29, 1.82) is 0 Å². The lowest BCUT2D eigenvalue weighted by Gasteiger charge is -2.48.